The predicted octanol–water partition coefficient (Wildman–Crippen LogP) is 4.13. The maximum atomic E-state index is 10.4. The van der Waals surface area contributed by atoms with Crippen LogP contribution >= 0.6 is 54.5 Å². The lowest BCUT2D eigenvalue weighted by Gasteiger charge is -2.14. The minimum Gasteiger partial charge on any atom is -0.388 e. The lowest BCUT2D eigenvalue weighted by Crippen LogP contribution is -2.07. The van der Waals surface area contributed by atoms with Crippen LogP contribution in [0.3, 0.4) is 0 Å². The summed E-state index contributed by atoms with van der Waals surface area (Å²) in [6, 6.07) is 5.96. The van der Waals surface area contributed by atoms with Crippen molar-refractivity contribution in [3.05, 3.63) is 47.7 Å². The standard InChI is InChI=1S/C13H13Br2IN2O/c1-7-13(15)11(18(2)17-7)6-12(19)9-5-8(16)3-4-10(9)14/h3-5,12,19H,6H2,1-2H3. The van der Waals surface area contributed by atoms with Gasteiger partial charge in [0.2, 0.25) is 0 Å². The molecule has 0 bridgehead atoms. The first-order valence-corrected chi connectivity index (χ1v) is 8.37. The SMILES string of the molecule is Cc1nn(C)c(CC(O)c2cc(I)ccc2Br)c1Br. The number of nitrogens with zero attached hydrogens (tertiary/aromatic N) is 2. The number of aliphatic hydroxyl groups excluding tert-OH is 1. The van der Waals surface area contributed by atoms with E-state index in [0.29, 0.717) is 6.42 Å². The molecule has 6 heteroatoms. The maximum Gasteiger partial charge on any atom is 0.0857 e. The largest absolute Gasteiger partial charge is 0.388 e. The maximum absolute atomic E-state index is 10.4. The van der Waals surface area contributed by atoms with Gasteiger partial charge in [-0.2, -0.15) is 5.10 Å². The summed E-state index contributed by atoms with van der Waals surface area (Å²) in [5.74, 6) is 0. The van der Waals surface area contributed by atoms with E-state index in [9.17, 15) is 5.11 Å². The van der Waals surface area contributed by atoms with Gasteiger partial charge in [-0.25, -0.2) is 0 Å². The van der Waals surface area contributed by atoms with Gasteiger partial charge in [-0.05, 0) is 69.2 Å². The van der Waals surface area contributed by atoms with Crippen LogP contribution in [0.5, 0.6) is 0 Å². The minimum absolute atomic E-state index is 0.524. The smallest absolute Gasteiger partial charge is 0.0857 e. The normalized spacial score (nSPS) is 12.7. The van der Waals surface area contributed by atoms with E-state index in [-0.39, 0.29) is 0 Å². The highest BCUT2D eigenvalue weighted by Crippen LogP contribution is 2.30. The molecule has 1 heterocycles. The molecule has 0 aliphatic heterocycles. The van der Waals surface area contributed by atoms with Crippen LogP contribution in [0.4, 0.5) is 0 Å². The molecule has 1 aromatic heterocycles. The fourth-order valence-electron chi connectivity index (χ4n) is 1.96. The van der Waals surface area contributed by atoms with Crippen LogP contribution in [0.2, 0.25) is 0 Å². The van der Waals surface area contributed by atoms with Crippen LogP contribution in [0.1, 0.15) is 23.1 Å². The van der Waals surface area contributed by atoms with E-state index in [1.165, 1.54) is 0 Å². The molecule has 2 rings (SSSR count). The topological polar surface area (TPSA) is 38.0 Å². The van der Waals surface area contributed by atoms with Gasteiger partial charge < -0.3 is 5.11 Å². The Hall–Kier alpha value is 0.0800. The summed E-state index contributed by atoms with van der Waals surface area (Å²) in [7, 11) is 1.89. The van der Waals surface area contributed by atoms with Crippen LogP contribution in [0, 0.1) is 10.5 Å². The van der Waals surface area contributed by atoms with Gasteiger partial charge in [0.15, 0.2) is 0 Å². The minimum atomic E-state index is -0.560. The molecule has 1 atom stereocenters. The Labute approximate surface area is 142 Å². The average Bonchev–Trinajstić information content (AvgIpc) is 2.59. The number of rotatable bonds is 3. The lowest BCUT2D eigenvalue weighted by molar-refractivity contribution is 0.175. The Balaban J connectivity index is 2.30. The molecule has 0 radical (unpaired) electrons. The molecular weight excluding hydrogens is 487 g/mol. The first kappa shape index (κ1) is 15.5. The van der Waals surface area contributed by atoms with Crippen LogP contribution < -0.4 is 0 Å². The van der Waals surface area contributed by atoms with E-state index in [2.05, 4.69) is 59.5 Å². The third kappa shape index (κ3) is 3.40. The van der Waals surface area contributed by atoms with E-state index < -0.39 is 6.10 Å². The van der Waals surface area contributed by atoms with Crippen molar-refractivity contribution in [3.8, 4) is 0 Å². The number of halogens is 3. The van der Waals surface area contributed by atoms with Gasteiger partial charge in [0.05, 0.1) is 22.0 Å². The molecule has 0 amide bonds. The molecule has 102 valence electrons. The zero-order valence-electron chi connectivity index (χ0n) is 10.5. The quantitative estimate of drug-likeness (QED) is 0.645. The van der Waals surface area contributed by atoms with Crippen molar-refractivity contribution in [3.63, 3.8) is 0 Å². The summed E-state index contributed by atoms with van der Waals surface area (Å²) >= 11 is 9.26. The Bertz CT molecular complexity index is 613. The van der Waals surface area contributed by atoms with Gasteiger partial charge in [0.1, 0.15) is 0 Å². The third-order valence-corrected chi connectivity index (χ3v) is 5.39. The number of aryl methyl sites for hydroxylation is 2. The number of hydrogen-bond donors (Lipinski definition) is 1. The summed E-state index contributed by atoms with van der Waals surface area (Å²) in [6.07, 6.45) is -0.0356. The highest BCUT2D eigenvalue weighted by atomic mass is 127. The van der Waals surface area contributed by atoms with E-state index in [0.717, 1.165) is 29.5 Å². The highest BCUT2D eigenvalue weighted by molar-refractivity contribution is 14.1. The second-order valence-electron chi connectivity index (χ2n) is 4.36. The molecule has 0 spiro atoms. The van der Waals surface area contributed by atoms with Crippen LogP contribution in [0.15, 0.2) is 27.1 Å². The van der Waals surface area contributed by atoms with E-state index in [4.69, 9.17) is 0 Å². The molecule has 1 unspecified atom stereocenters. The lowest BCUT2D eigenvalue weighted by atomic mass is 10.0. The molecule has 0 fully saturated rings. The monoisotopic (exact) mass is 498 g/mol. The van der Waals surface area contributed by atoms with E-state index in [1.54, 1.807) is 0 Å². The van der Waals surface area contributed by atoms with Gasteiger partial charge >= 0.3 is 0 Å². The van der Waals surface area contributed by atoms with Crippen molar-refractivity contribution in [2.45, 2.75) is 19.4 Å². The average molecular weight is 500 g/mol. The van der Waals surface area contributed by atoms with Crippen LogP contribution in [-0.4, -0.2) is 14.9 Å². The fourth-order valence-corrected chi connectivity index (χ4v) is 3.49. The molecule has 1 N–H and O–H groups in total. The van der Waals surface area contributed by atoms with Crippen molar-refractivity contribution >= 4 is 54.5 Å². The Morgan fingerprint density at radius 3 is 2.68 bits per heavy atom. The van der Waals surface area contributed by atoms with Crippen LogP contribution in [-0.2, 0) is 13.5 Å². The molecule has 0 aliphatic carbocycles. The molecule has 0 aliphatic rings. The van der Waals surface area contributed by atoms with Crippen LogP contribution in [0.25, 0.3) is 0 Å². The summed E-state index contributed by atoms with van der Waals surface area (Å²) in [4.78, 5) is 0. The second-order valence-corrected chi connectivity index (χ2v) is 7.25. The summed E-state index contributed by atoms with van der Waals surface area (Å²) < 4.78 is 4.81. The fraction of sp³-hybridized carbons (Fsp3) is 0.308. The molecule has 0 saturated carbocycles. The predicted molar refractivity (Wildman–Crippen MR) is 91.2 cm³/mol. The third-order valence-electron chi connectivity index (χ3n) is 2.97. The molecule has 19 heavy (non-hydrogen) atoms. The first-order valence-electron chi connectivity index (χ1n) is 5.71. The second kappa shape index (κ2) is 6.24. The molecule has 1 aromatic carbocycles. The Morgan fingerprint density at radius 2 is 2.11 bits per heavy atom. The zero-order valence-corrected chi connectivity index (χ0v) is 15.8. The van der Waals surface area contributed by atoms with Crippen molar-refractivity contribution in [2.75, 3.05) is 0 Å². The highest BCUT2D eigenvalue weighted by Gasteiger charge is 2.18. The number of aliphatic hydroxyl groups is 1. The van der Waals surface area contributed by atoms with Crippen molar-refractivity contribution < 1.29 is 5.11 Å². The molecule has 3 nitrogen and oxygen atoms in total. The summed E-state index contributed by atoms with van der Waals surface area (Å²) in [5.41, 5.74) is 2.83. The van der Waals surface area contributed by atoms with Gasteiger partial charge in [-0.1, -0.05) is 15.9 Å². The van der Waals surface area contributed by atoms with Gasteiger partial charge in [0.25, 0.3) is 0 Å². The zero-order chi connectivity index (χ0) is 14.2. The van der Waals surface area contributed by atoms with Crippen molar-refractivity contribution in [2.24, 2.45) is 7.05 Å². The summed E-state index contributed by atoms with van der Waals surface area (Å²) in [5, 5.41) is 14.8. The molecule has 0 saturated heterocycles. The van der Waals surface area contributed by atoms with E-state index >= 15 is 0 Å². The molecular formula is C13H13Br2IN2O. The Morgan fingerprint density at radius 1 is 1.42 bits per heavy atom. The van der Waals surface area contributed by atoms with Gasteiger partial charge in [0, 0.05) is 21.5 Å². The van der Waals surface area contributed by atoms with Crippen molar-refractivity contribution in [1.29, 1.82) is 0 Å². The number of aromatic nitrogens is 2. The van der Waals surface area contributed by atoms with E-state index in [1.807, 2.05) is 36.9 Å². The number of hydrogen-bond acceptors (Lipinski definition) is 2. The first-order chi connectivity index (χ1) is 8.90. The summed E-state index contributed by atoms with van der Waals surface area (Å²) in [6.45, 7) is 1.95. The Kier molecular flexibility index (Phi) is 5.08. The van der Waals surface area contributed by atoms with Crippen molar-refractivity contribution in [1.82, 2.24) is 9.78 Å². The van der Waals surface area contributed by atoms with Gasteiger partial charge in [-0.15, -0.1) is 0 Å². The molecule has 2 aromatic rings. The van der Waals surface area contributed by atoms with Gasteiger partial charge in [-0.3, -0.25) is 4.68 Å². The number of benzene rings is 1.